The van der Waals surface area contributed by atoms with Crippen molar-refractivity contribution in [2.45, 2.75) is 11.8 Å². The molecular weight excluding hydrogens is 445 g/mol. The number of anilines is 1. The summed E-state index contributed by atoms with van der Waals surface area (Å²) in [4.78, 5) is 16.1. The molecule has 3 rings (SSSR count). The SMILES string of the molecule is CCOc1ccc(Cl)cc1S(=O)(=O)N(C)CC(=O)N1CCN(c2ccccc2F)CC1. The molecule has 2 aromatic rings. The smallest absolute Gasteiger partial charge is 0.247 e. The second kappa shape index (κ2) is 9.84. The number of carbonyl (C=O) groups is 1. The van der Waals surface area contributed by atoms with Gasteiger partial charge in [-0.25, -0.2) is 12.8 Å². The minimum atomic E-state index is -3.99. The maximum Gasteiger partial charge on any atom is 0.247 e. The van der Waals surface area contributed by atoms with Gasteiger partial charge in [0.2, 0.25) is 15.9 Å². The molecule has 168 valence electrons. The van der Waals surface area contributed by atoms with Crippen LogP contribution in [-0.2, 0) is 14.8 Å². The van der Waals surface area contributed by atoms with Crippen LogP contribution >= 0.6 is 11.6 Å². The Kier molecular flexibility index (Phi) is 7.40. The molecule has 1 aliphatic heterocycles. The number of nitrogens with zero attached hydrogens (tertiary/aromatic N) is 3. The molecule has 7 nitrogen and oxygen atoms in total. The largest absolute Gasteiger partial charge is 0.492 e. The predicted octanol–water partition coefficient (Wildman–Crippen LogP) is 2.85. The molecule has 2 aromatic carbocycles. The number of halogens is 2. The molecular formula is C21H25ClFN3O4S. The molecule has 1 fully saturated rings. The zero-order chi connectivity index (χ0) is 22.6. The lowest BCUT2D eigenvalue weighted by molar-refractivity contribution is -0.131. The lowest BCUT2D eigenvalue weighted by atomic mass is 10.2. The standard InChI is InChI=1S/C21H25ClFN3O4S/c1-3-30-19-9-8-16(22)14-20(19)31(28,29)24(2)15-21(27)26-12-10-25(11-13-26)18-7-5-4-6-17(18)23/h4-9,14H,3,10-13,15H2,1-2H3. The van der Waals surface area contributed by atoms with Crippen molar-refractivity contribution >= 4 is 33.2 Å². The summed E-state index contributed by atoms with van der Waals surface area (Å²) in [6.07, 6.45) is 0. The lowest BCUT2D eigenvalue weighted by Crippen LogP contribution is -2.51. The van der Waals surface area contributed by atoms with E-state index in [0.29, 0.717) is 38.5 Å². The molecule has 1 heterocycles. The van der Waals surface area contributed by atoms with Crippen LogP contribution in [0.25, 0.3) is 0 Å². The Labute approximate surface area is 187 Å². The van der Waals surface area contributed by atoms with Gasteiger partial charge in [0.1, 0.15) is 16.5 Å². The molecule has 0 aliphatic carbocycles. The van der Waals surface area contributed by atoms with Crippen LogP contribution in [0.3, 0.4) is 0 Å². The van der Waals surface area contributed by atoms with Gasteiger partial charge in [0.25, 0.3) is 0 Å². The topological polar surface area (TPSA) is 70.2 Å². The van der Waals surface area contributed by atoms with Gasteiger partial charge in [-0.15, -0.1) is 0 Å². The molecule has 0 N–H and O–H groups in total. The van der Waals surface area contributed by atoms with Gasteiger partial charge >= 0.3 is 0 Å². The first-order chi connectivity index (χ1) is 14.7. The molecule has 0 atom stereocenters. The molecule has 1 saturated heterocycles. The third-order valence-corrected chi connectivity index (χ3v) is 7.14. The Hall–Kier alpha value is -2.36. The summed E-state index contributed by atoms with van der Waals surface area (Å²) in [5.74, 6) is -0.441. The number of ether oxygens (including phenoxy) is 1. The molecule has 0 unspecified atom stereocenters. The van der Waals surface area contributed by atoms with Crippen molar-refractivity contribution in [1.29, 1.82) is 0 Å². The fourth-order valence-corrected chi connectivity index (χ4v) is 4.92. The van der Waals surface area contributed by atoms with Crippen LogP contribution in [0.2, 0.25) is 5.02 Å². The van der Waals surface area contributed by atoms with Crippen molar-refractivity contribution in [2.24, 2.45) is 0 Å². The normalized spacial score (nSPS) is 14.7. The fourth-order valence-electron chi connectivity index (χ4n) is 3.41. The number of piperazine rings is 1. The second-order valence-corrected chi connectivity index (χ2v) is 9.55. The summed E-state index contributed by atoms with van der Waals surface area (Å²) < 4.78 is 46.5. The first-order valence-electron chi connectivity index (χ1n) is 9.90. The molecule has 10 heteroatoms. The van der Waals surface area contributed by atoms with Crippen molar-refractivity contribution in [3.8, 4) is 5.75 Å². The number of rotatable bonds is 7. The summed E-state index contributed by atoms with van der Waals surface area (Å²) in [6.45, 7) is 3.40. The number of carbonyl (C=O) groups excluding carboxylic acids is 1. The summed E-state index contributed by atoms with van der Waals surface area (Å²) in [6, 6.07) is 10.9. The van der Waals surface area contributed by atoms with E-state index in [2.05, 4.69) is 0 Å². The number of sulfonamides is 1. The Morgan fingerprint density at radius 1 is 1.16 bits per heavy atom. The number of para-hydroxylation sites is 1. The van der Waals surface area contributed by atoms with Gasteiger partial charge in [0.05, 0.1) is 18.8 Å². The van der Waals surface area contributed by atoms with Crippen molar-refractivity contribution in [3.63, 3.8) is 0 Å². The number of amides is 1. The van der Waals surface area contributed by atoms with E-state index in [-0.39, 0.29) is 33.9 Å². The van der Waals surface area contributed by atoms with E-state index in [9.17, 15) is 17.6 Å². The van der Waals surface area contributed by atoms with E-state index in [1.54, 1.807) is 36.1 Å². The third kappa shape index (κ3) is 5.28. The maximum atomic E-state index is 14.0. The molecule has 1 aliphatic rings. The first kappa shape index (κ1) is 23.3. The van der Waals surface area contributed by atoms with Crippen molar-refractivity contribution in [1.82, 2.24) is 9.21 Å². The highest BCUT2D eigenvalue weighted by Gasteiger charge is 2.30. The highest BCUT2D eigenvalue weighted by molar-refractivity contribution is 7.89. The molecule has 0 bridgehead atoms. The van der Waals surface area contributed by atoms with E-state index < -0.39 is 10.0 Å². The summed E-state index contributed by atoms with van der Waals surface area (Å²) in [7, 11) is -2.64. The molecule has 0 aromatic heterocycles. The second-order valence-electron chi connectivity index (χ2n) is 7.10. The molecule has 0 saturated carbocycles. The van der Waals surface area contributed by atoms with E-state index >= 15 is 0 Å². The van der Waals surface area contributed by atoms with Crippen LogP contribution in [0, 0.1) is 5.82 Å². The highest BCUT2D eigenvalue weighted by Crippen LogP contribution is 2.29. The average Bonchev–Trinajstić information content (AvgIpc) is 2.75. The number of benzene rings is 2. The monoisotopic (exact) mass is 469 g/mol. The molecule has 31 heavy (non-hydrogen) atoms. The minimum Gasteiger partial charge on any atom is -0.492 e. The number of hydrogen-bond donors (Lipinski definition) is 0. The average molecular weight is 470 g/mol. The van der Waals surface area contributed by atoms with Crippen LogP contribution in [0.1, 0.15) is 6.92 Å². The van der Waals surface area contributed by atoms with Gasteiger partial charge in [-0.2, -0.15) is 4.31 Å². The minimum absolute atomic E-state index is 0.0819. The quantitative estimate of drug-likeness (QED) is 0.623. The van der Waals surface area contributed by atoms with Crippen molar-refractivity contribution < 1.29 is 22.3 Å². The zero-order valence-electron chi connectivity index (χ0n) is 17.4. The van der Waals surface area contributed by atoms with Crippen LogP contribution in [0.4, 0.5) is 10.1 Å². The zero-order valence-corrected chi connectivity index (χ0v) is 19.0. The van der Waals surface area contributed by atoms with Crippen molar-refractivity contribution in [3.05, 3.63) is 53.3 Å². The summed E-state index contributed by atoms with van der Waals surface area (Å²) in [5.41, 5.74) is 0.499. The van der Waals surface area contributed by atoms with E-state index in [4.69, 9.17) is 16.3 Å². The van der Waals surface area contributed by atoms with E-state index in [1.165, 1.54) is 25.2 Å². The maximum absolute atomic E-state index is 14.0. The predicted molar refractivity (Wildman–Crippen MR) is 118 cm³/mol. The molecule has 1 amide bonds. The third-order valence-electron chi connectivity index (χ3n) is 5.08. The van der Waals surface area contributed by atoms with Crippen LogP contribution in [-0.4, -0.2) is 69.9 Å². The van der Waals surface area contributed by atoms with E-state index in [1.807, 2.05) is 4.90 Å². The Bertz CT molecular complexity index is 1040. The number of hydrogen-bond acceptors (Lipinski definition) is 5. The van der Waals surface area contributed by atoms with Gasteiger partial charge in [0.15, 0.2) is 0 Å². The van der Waals surface area contributed by atoms with Gasteiger partial charge in [-0.05, 0) is 37.3 Å². The van der Waals surface area contributed by atoms with Crippen LogP contribution in [0.15, 0.2) is 47.4 Å². The highest BCUT2D eigenvalue weighted by atomic mass is 35.5. The van der Waals surface area contributed by atoms with Crippen LogP contribution < -0.4 is 9.64 Å². The van der Waals surface area contributed by atoms with Gasteiger partial charge in [0, 0.05) is 38.2 Å². The molecule has 0 radical (unpaired) electrons. The van der Waals surface area contributed by atoms with Gasteiger partial charge in [-0.1, -0.05) is 23.7 Å². The van der Waals surface area contributed by atoms with Gasteiger partial charge < -0.3 is 14.5 Å². The Morgan fingerprint density at radius 3 is 2.48 bits per heavy atom. The first-order valence-corrected chi connectivity index (χ1v) is 11.7. The van der Waals surface area contributed by atoms with Crippen LogP contribution in [0.5, 0.6) is 5.75 Å². The Morgan fingerprint density at radius 2 is 1.84 bits per heavy atom. The molecule has 0 spiro atoms. The Balaban J connectivity index is 1.66. The lowest BCUT2D eigenvalue weighted by Gasteiger charge is -2.36. The van der Waals surface area contributed by atoms with Gasteiger partial charge in [-0.3, -0.25) is 4.79 Å². The van der Waals surface area contributed by atoms with Crippen molar-refractivity contribution in [2.75, 3.05) is 51.3 Å². The summed E-state index contributed by atoms with van der Waals surface area (Å²) in [5, 5.41) is 0.256. The van der Waals surface area contributed by atoms with E-state index in [0.717, 1.165) is 4.31 Å². The number of likely N-dealkylation sites (N-methyl/N-ethyl adjacent to an activating group) is 1. The fraction of sp³-hybridized carbons (Fsp3) is 0.381. The summed E-state index contributed by atoms with van der Waals surface area (Å²) >= 11 is 5.99.